The second-order valence-electron chi connectivity index (χ2n) is 7.83. The summed E-state index contributed by atoms with van der Waals surface area (Å²) in [6.07, 6.45) is 4.68. The van der Waals surface area contributed by atoms with Gasteiger partial charge in [0.25, 0.3) is 0 Å². The first-order chi connectivity index (χ1) is 14.1. The van der Waals surface area contributed by atoms with Crippen molar-refractivity contribution in [3.05, 3.63) is 58.6 Å². The van der Waals surface area contributed by atoms with Crippen molar-refractivity contribution >= 4 is 11.6 Å². The van der Waals surface area contributed by atoms with E-state index in [1.54, 1.807) is 7.11 Å². The predicted molar refractivity (Wildman–Crippen MR) is 120 cm³/mol. The molecule has 5 heteroatoms. The van der Waals surface area contributed by atoms with E-state index in [-0.39, 0.29) is 0 Å². The summed E-state index contributed by atoms with van der Waals surface area (Å²) in [7, 11) is 1.71. The van der Waals surface area contributed by atoms with Crippen molar-refractivity contribution in [2.75, 3.05) is 33.4 Å². The molecule has 1 atom stereocenters. The number of benzene rings is 2. The van der Waals surface area contributed by atoms with E-state index < -0.39 is 0 Å². The lowest BCUT2D eigenvalue weighted by Crippen LogP contribution is -2.26. The molecule has 0 spiro atoms. The van der Waals surface area contributed by atoms with Gasteiger partial charge in [-0.25, -0.2) is 0 Å². The van der Waals surface area contributed by atoms with Crippen molar-refractivity contribution in [1.29, 1.82) is 0 Å². The molecule has 1 aliphatic heterocycles. The number of nitrogens with one attached hydrogen (secondary N) is 1. The Morgan fingerprint density at radius 1 is 1.03 bits per heavy atom. The summed E-state index contributed by atoms with van der Waals surface area (Å²) < 4.78 is 11.5. The first kappa shape index (κ1) is 21.9. The standard InChI is InChI=1S/C24H33ClN2O2/c1-19(26-18-21-7-10-22(25)11-8-21)5-6-20-9-12-23(24(17-20)28-2)29-16-15-27-13-3-4-14-27/h7-12,17,19,26H,3-6,13-16,18H2,1-2H3/t19-/m1/s1. The van der Waals surface area contributed by atoms with Crippen molar-refractivity contribution in [3.63, 3.8) is 0 Å². The minimum absolute atomic E-state index is 0.424. The van der Waals surface area contributed by atoms with Crippen LogP contribution in [0.3, 0.4) is 0 Å². The summed E-state index contributed by atoms with van der Waals surface area (Å²) >= 11 is 5.94. The van der Waals surface area contributed by atoms with Crippen molar-refractivity contribution < 1.29 is 9.47 Å². The van der Waals surface area contributed by atoms with Gasteiger partial charge in [-0.2, -0.15) is 0 Å². The van der Waals surface area contributed by atoms with Gasteiger partial charge in [0.05, 0.1) is 7.11 Å². The number of nitrogens with zero attached hydrogens (tertiary/aromatic N) is 1. The predicted octanol–water partition coefficient (Wildman–Crippen LogP) is 4.93. The molecule has 158 valence electrons. The molecule has 29 heavy (non-hydrogen) atoms. The van der Waals surface area contributed by atoms with Gasteiger partial charge in [0.1, 0.15) is 6.61 Å². The van der Waals surface area contributed by atoms with Crippen LogP contribution in [0, 0.1) is 0 Å². The molecule has 4 nitrogen and oxygen atoms in total. The van der Waals surface area contributed by atoms with Gasteiger partial charge in [0.2, 0.25) is 0 Å². The minimum atomic E-state index is 0.424. The quantitative estimate of drug-likeness (QED) is 0.562. The van der Waals surface area contributed by atoms with Crippen LogP contribution in [0.4, 0.5) is 0 Å². The maximum Gasteiger partial charge on any atom is 0.161 e. The summed E-state index contributed by atoms with van der Waals surface area (Å²) in [4.78, 5) is 2.46. The Balaban J connectivity index is 1.43. The molecule has 1 aliphatic rings. The SMILES string of the molecule is COc1cc(CC[C@@H](C)NCc2ccc(Cl)cc2)ccc1OCCN1CCCC1. The van der Waals surface area contributed by atoms with Crippen molar-refractivity contribution in [3.8, 4) is 11.5 Å². The zero-order valence-electron chi connectivity index (χ0n) is 17.6. The highest BCUT2D eigenvalue weighted by atomic mass is 35.5. The fourth-order valence-electron chi connectivity index (χ4n) is 3.66. The van der Waals surface area contributed by atoms with E-state index in [9.17, 15) is 0 Å². The van der Waals surface area contributed by atoms with Gasteiger partial charge in [0.15, 0.2) is 11.5 Å². The fourth-order valence-corrected chi connectivity index (χ4v) is 3.78. The second kappa shape index (κ2) is 11.4. The summed E-state index contributed by atoms with van der Waals surface area (Å²) in [6.45, 7) is 7.17. The third kappa shape index (κ3) is 7.22. The molecule has 1 N–H and O–H groups in total. The average molecular weight is 417 g/mol. The zero-order chi connectivity index (χ0) is 20.5. The molecule has 1 fully saturated rings. The lowest BCUT2D eigenvalue weighted by Gasteiger charge is -2.17. The molecule has 2 aromatic rings. The van der Waals surface area contributed by atoms with Crippen molar-refractivity contribution in [2.24, 2.45) is 0 Å². The van der Waals surface area contributed by atoms with Crippen LogP contribution in [0.1, 0.15) is 37.3 Å². The number of hydrogen-bond donors (Lipinski definition) is 1. The topological polar surface area (TPSA) is 33.7 Å². The Labute approximate surface area is 180 Å². The first-order valence-corrected chi connectivity index (χ1v) is 11.0. The number of halogens is 1. The Kier molecular flexibility index (Phi) is 8.66. The smallest absolute Gasteiger partial charge is 0.161 e. The molecule has 0 aliphatic carbocycles. The molecule has 1 heterocycles. The van der Waals surface area contributed by atoms with Crippen LogP contribution >= 0.6 is 11.6 Å². The molecule has 3 rings (SSSR count). The molecular weight excluding hydrogens is 384 g/mol. The normalized spacial score (nSPS) is 15.4. The van der Waals surface area contributed by atoms with E-state index in [2.05, 4.69) is 41.4 Å². The van der Waals surface area contributed by atoms with Gasteiger partial charge in [-0.15, -0.1) is 0 Å². The highest BCUT2D eigenvalue weighted by Gasteiger charge is 2.12. The van der Waals surface area contributed by atoms with Crippen LogP contribution in [0.5, 0.6) is 11.5 Å². The van der Waals surface area contributed by atoms with Gasteiger partial charge in [-0.05, 0) is 81.1 Å². The van der Waals surface area contributed by atoms with Crippen LogP contribution in [0.15, 0.2) is 42.5 Å². The van der Waals surface area contributed by atoms with Gasteiger partial charge >= 0.3 is 0 Å². The van der Waals surface area contributed by atoms with E-state index >= 15 is 0 Å². The third-order valence-electron chi connectivity index (χ3n) is 5.53. The number of rotatable bonds is 11. The maximum atomic E-state index is 5.98. The summed E-state index contributed by atoms with van der Waals surface area (Å²) in [5, 5.41) is 4.36. The van der Waals surface area contributed by atoms with E-state index in [1.165, 1.54) is 37.1 Å². The summed E-state index contributed by atoms with van der Waals surface area (Å²) in [5.41, 5.74) is 2.52. The van der Waals surface area contributed by atoms with E-state index in [0.29, 0.717) is 12.6 Å². The van der Waals surface area contributed by atoms with Gasteiger partial charge in [0, 0.05) is 24.2 Å². The van der Waals surface area contributed by atoms with Crippen molar-refractivity contribution in [1.82, 2.24) is 10.2 Å². The first-order valence-electron chi connectivity index (χ1n) is 10.6. The van der Waals surface area contributed by atoms with Gasteiger partial charge in [-0.3, -0.25) is 4.90 Å². The van der Waals surface area contributed by atoms with Crippen LogP contribution in [-0.4, -0.2) is 44.3 Å². The number of ether oxygens (including phenoxy) is 2. The van der Waals surface area contributed by atoms with Gasteiger partial charge in [-0.1, -0.05) is 29.8 Å². The molecule has 2 aromatic carbocycles. The molecule has 0 bridgehead atoms. The Morgan fingerprint density at radius 3 is 2.48 bits per heavy atom. The lowest BCUT2D eigenvalue weighted by molar-refractivity contribution is 0.230. The Morgan fingerprint density at radius 2 is 1.76 bits per heavy atom. The molecule has 0 amide bonds. The van der Waals surface area contributed by atoms with E-state index in [4.69, 9.17) is 21.1 Å². The monoisotopic (exact) mass is 416 g/mol. The third-order valence-corrected chi connectivity index (χ3v) is 5.78. The highest BCUT2D eigenvalue weighted by molar-refractivity contribution is 6.30. The molecule has 0 unspecified atom stereocenters. The molecule has 0 aromatic heterocycles. The van der Waals surface area contributed by atoms with Crippen LogP contribution < -0.4 is 14.8 Å². The van der Waals surface area contributed by atoms with Crippen LogP contribution in [-0.2, 0) is 13.0 Å². The van der Waals surface area contributed by atoms with Gasteiger partial charge < -0.3 is 14.8 Å². The molecule has 0 radical (unpaired) electrons. The second-order valence-corrected chi connectivity index (χ2v) is 8.27. The maximum absolute atomic E-state index is 5.98. The number of hydrogen-bond acceptors (Lipinski definition) is 4. The van der Waals surface area contributed by atoms with E-state index in [0.717, 1.165) is 42.5 Å². The Bertz CT molecular complexity index is 745. The Hall–Kier alpha value is -1.75. The minimum Gasteiger partial charge on any atom is -0.493 e. The zero-order valence-corrected chi connectivity index (χ0v) is 18.4. The lowest BCUT2D eigenvalue weighted by atomic mass is 10.1. The average Bonchev–Trinajstić information content (AvgIpc) is 3.26. The van der Waals surface area contributed by atoms with Crippen molar-refractivity contribution in [2.45, 2.75) is 45.2 Å². The van der Waals surface area contributed by atoms with Crippen LogP contribution in [0.25, 0.3) is 0 Å². The number of methoxy groups -OCH3 is 1. The molecule has 0 saturated carbocycles. The highest BCUT2D eigenvalue weighted by Crippen LogP contribution is 2.28. The summed E-state index contributed by atoms with van der Waals surface area (Å²) in [6, 6.07) is 14.7. The fraction of sp³-hybridized carbons (Fsp3) is 0.500. The molecular formula is C24H33ClN2O2. The number of aryl methyl sites for hydroxylation is 1. The summed E-state index contributed by atoms with van der Waals surface area (Å²) in [5.74, 6) is 1.66. The largest absolute Gasteiger partial charge is 0.493 e. The molecule has 1 saturated heterocycles. The van der Waals surface area contributed by atoms with E-state index in [1.807, 2.05) is 18.2 Å². The number of likely N-dealkylation sites (tertiary alicyclic amines) is 1. The van der Waals surface area contributed by atoms with Crippen LogP contribution in [0.2, 0.25) is 5.02 Å².